The second-order valence-corrected chi connectivity index (χ2v) is 6.90. The molecule has 3 aromatic rings. The first-order chi connectivity index (χ1) is 13.5. The number of imidazole rings is 1. The summed E-state index contributed by atoms with van der Waals surface area (Å²) in [7, 11) is 0. The Balaban J connectivity index is 1.56. The van der Waals surface area contributed by atoms with Crippen LogP contribution in [0.3, 0.4) is 0 Å². The van der Waals surface area contributed by atoms with E-state index in [9.17, 15) is 9.59 Å². The fourth-order valence-electron chi connectivity index (χ4n) is 3.38. The van der Waals surface area contributed by atoms with Gasteiger partial charge in [0.25, 0.3) is 11.8 Å². The maximum absolute atomic E-state index is 12.8. The van der Waals surface area contributed by atoms with Crippen LogP contribution < -0.4 is 5.32 Å². The smallest absolute Gasteiger partial charge is 0.255 e. The van der Waals surface area contributed by atoms with Crippen molar-refractivity contribution in [3.05, 3.63) is 65.1 Å². The van der Waals surface area contributed by atoms with Gasteiger partial charge < -0.3 is 19.4 Å². The van der Waals surface area contributed by atoms with Crippen molar-refractivity contribution in [3.63, 3.8) is 0 Å². The molecule has 7 heteroatoms. The molecule has 2 aromatic heterocycles. The van der Waals surface area contributed by atoms with Gasteiger partial charge >= 0.3 is 0 Å². The fraction of sp³-hybridized carbons (Fsp3) is 0.286. The highest BCUT2D eigenvalue weighted by molar-refractivity contribution is 6.06. The van der Waals surface area contributed by atoms with E-state index >= 15 is 0 Å². The molecule has 0 saturated carbocycles. The van der Waals surface area contributed by atoms with E-state index < -0.39 is 0 Å². The number of carbonyl (C=O) groups is 2. The van der Waals surface area contributed by atoms with E-state index in [-0.39, 0.29) is 11.8 Å². The molecule has 7 nitrogen and oxygen atoms in total. The van der Waals surface area contributed by atoms with E-state index in [1.54, 1.807) is 29.2 Å². The summed E-state index contributed by atoms with van der Waals surface area (Å²) in [6.45, 7) is 6.03. The number of nitrogens with zero attached hydrogens (tertiary/aromatic N) is 3. The van der Waals surface area contributed by atoms with Crippen molar-refractivity contribution in [3.8, 4) is 0 Å². The molecule has 4 rings (SSSR count). The maximum atomic E-state index is 12.8. The van der Waals surface area contributed by atoms with Crippen LogP contribution >= 0.6 is 0 Å². The Bertz CT molecular complexity index is 1050. The van der Waals surface area contributed by atoms with Crippen molar-refractivity contribution in [2.24, 2.45) is 0 Å². The van der Waals surface area contributed by atoms with Gasteiger partial charge in [0.2, 0.25) is 0 Å². The summed E-state index contributed by atoms with van der Waals surface area (Å²) in [5.41, 5.74) is 4.11. The number of aryl methyl sites for hydroxylation is 1. The first-order valence-electron chi connectivity index (χ1n) is 9.26. The molecule has 1 N–H and O–H groups in total. The van der Waals surface area contributed by atoms with Gasteiger partial charge in [-0.25, -0.2) is 4.98 Å². The number of rotatable bonds is 3. The van der Waals surface area contributed by atoms with Gasteiger partial charge in [-0.2, -0.15) is 0 Å². The molecule has 3 heterocycles. The largest absolute Gasteiger partial charge is 0.378 e. The second kappa shape index (κ2) is 7.44. The number of ether oxygens (including phenoxy) is 1. The molecule has 0 aliphatic carbocycles. The minimum atomic E-state index is -0.234. The Kier molecular flexibility index (Phi) is 4.83. The lowest BCUT2D eigenvalue weighted by Gasteiger charge is -2.27. The molecule has 0 bridgehead atoms. The van der Waals surface area contributed by atoms with Crippen molar-refractivity contribution in [2.45, 2.75) is 13.8 Å². The van der Waals surface area contributed by atoms with Gasteiger partial charge in [0.15, 0.2) is 0 Å². The van der Waals surface area contributed by atoms with E-state index in [0.29, 0.717) is 43.1 Å². The van der Waals surface area contributed by atoms with E-state index in [2.05, 4.69) is 10.3 Å². The van der Waals surface area contributed by atoms with Crippen LogP contribution in [0.15, 0.2) is 42.7 Å². The van der Waals surface area contributed by atoms with Gasteiger partial charge in [-0.15, -0.1) is 0 Å². The molecule has 1 aromatic carbocycles. The zero-order chi connectivity index (χ0) is 19.7. The molecular weight excluding hydrogens is 356 g/mol. The lowest BCUT2D eigenvalue weighted by atomic mass is 10.0. The number of benzene rings is 1. The van der Waals surface area contributed by atoms with Gasteiger partial charge in [0.05, 0.1) is 18.9 Å². The number of nitrogens with one attached hydrogen (secondary N) is 1. The SMILES string of the molecule is Cc1cn2ccc(C(=O)Nc3cccc(C(=O)N4CCOCC4)c3C)cc2n1. The molecule has 0 radical (unpaired) electrons. The molecule has 1 aliphatic heterocycles. The number of hydrogen-bond donors (Lipinski definition) is 1. The van der Waals surface area contributed by atoms with Crippen LogP contribution in [0.1, 0.15) is 32.0 Å². The van der Waals surface area contributed by atoms with E-state index in [4.69, 9.17) is 4.74 Å². The average molecular weight is 378 g/mol. The topological polar surface area (TPSA) is 75.9 Å². The number of fused-ring (bicyclic) bond motifs is 1. The number of morpholine rings is 1. The van der Waals surface area contributed by atoms with Crippen molar-refractivity contribution in [1.82, 2.24) is 14.3 Å². The van der Waals surface area contributed by atoms with Gasteiger partial charge in [-0.05, 0) is 43.7 Å². The summed E-state index contributed by atoms with van der Waals surface area (Å²) in [5, 5.41) is 2.92. The summed E-state index contributed by atoms with van der Waals surface area (Å²) < 4.78 is 7.19. The van der Waals surface area contributed by atoms with Crippen LogP contribution in [0.25, 0.3) is 5.65 Å². The molecule has 1 fully saturated rings. The Hall–Kier alpha value is -3.19. The van der Waals surface area contributed by atoms with Gasteiger partial charge in [-0.1, -0.05) is 6.07 Å². The number of hydrogen-bond acceptors (Lipinski definition) is 4. The van der Waals surface area contributed by atoms with Crippen LogP contribution in [0.5, 0.6) is 0 Å². The number of aromatic nitrogens is 2. The van der Waals surface area contributed by atoms with Gasteiger partial charge in [0, 0.05) is 42.3 Å². The molecule has 0 spiro atoms. The fourth-order valence-corrected chi connectivity index (χ4v) is 3.38. The number of carbonyl (C=O) groups excluding carboxylic acids is 2. The minimum Gasteiger partial charge on any atom is -0.378 e. The first kappa shape index (κ1) is 18.2. The quantitative estimate of drug-likeness (QED) is 0.760. The molecular formula is C21H22N4O3. The van der Waals surface area contributed by atoms with Crippen molar-refractivity contribution < 1.29 is 14.3 Å². The summed E-state index contributed by atoms with van der Waals surface area (Å²) in [5.74, 6) is -0.270. The predicted octanol–water partition coefficient (Wildman–Crippen LogP) is 2.68. The zero-order valence-electron chi connectivity index (χ0n) is 15.9. The summed E-state index contributed by atoms with van der Waals surface area (Å²) in [6, 6.07) is 8.89. The normalized spacial score (nSPS) is 14.3. The number of anilines is 1. The molecule has 0 unspecified atom stereocenters. The van der Waals surface area contributed by atoms with Crippen LogP contribution in [0.2, 0.25) is 0 Å². The summed E-state index contributed by atoms with van der Waals surface area (Å²) >= 11 is 0. The summed E-state index contributed by atoms with van der Waals surface area (Å²) in [6.07, 6.45) is 3.72. The highest BCUT2D eigenvalue weighted by atomic mass is 16.5. The third kappa shape index (κ3) is 3.48. The predicted molar refractivity (Wildman–Crippen MR) is 106 cm³/mol. The van der Waals surface area contributed by atoms with Gasteiger partial charge in [-0.3, -0.25) is 9.59 Å². The van der Waals surface area contributed by atoms with Gasteiger partial charge in [0.1, 0.15) is 5.65 Å². The Morgan fingerprint density at radius 3 is 2.71 bits per heavy atom. The van der Waals surface area contributed by atoms with Crippen molar-refractivity contribution >= 4 is 23.1 Å². The molecule has 1 aliphatic rings. The third-order valence-electron chi connectivity index (χ3n) is 4.95. The third-order valence-corrected chi connectivity index (χ3v) is 4.95. The Labute approximate surface area is 162 Å². The van der Waals surface area contributed by atoms with Crippen molar-refractivity contribution in [2.75, 3.05) is 31.6 Å². The van der Waals surface area contributed by atoms with Crippen LogP contribution in [-0.2, 0) is 4.74 Å². The van der Waals surface area contributed by atoms with Crippen LogP contribution in [0.4, 0.5) is 5.69 Å². The molecule has 144 valence electrons. The Morgan fingerprint density at radius 1 is 1.14 bits per heavy atom. The Morgan fingerprint density at radius 2 is 1.93 bits per heavy atom. The standard InChI is InChI=1S/C21H22N4O3/c1-14-13-25-7-6-16(12-19(25)22-14)20(26)23-18-5-3-4-17(15(18)2)21(27)24-8-10-28-11-9-24/h3-7,12-13H,8-11H2,1-2H3,(H,23,26). The first-order valence-corrected chi connectivity index (χ1v) is 9.26. The zero-order valence-corrected chi connectivity index (χ0v) is 15.9. The van der Waals surface area contributed by atoms with Crippen LogP contribution in [0, 0.1) is 13.8 Å². The second-order valence-electron chi connectivity index (χ2n) is 6.90. The monoisotopic (exact) mass is 378 g/mol. The maximum Gasteiger partial charge on any atom is 0.255 e. The lowest BCUT2D eigenvalue weighted by molar-refractivity contribution is 0.0302. The molecule has 28 heavy (non-hydrogen) atoms. The van der Waals surface area contributed by atoms with E-state index in [0.717, 1.165) is 16.9 Å². The lowest BCUT2D eigenvalue weighted by Crippen LogP contribution is -2.41. The molecule has 2 amide bonds. The van der Waals surface area contributed by atoms with Crippen molar-refractivity contribution in [1.29, 1.82) is 0 Å². The molecule has 0 atom stereocenters. The average Bonchev–Trinajstić information content (AvgIpc) is 3.09. The van der Waals surface area contributed by atoms with E-state index in [1.807, 2.05) is 36.7 Å². The number of amides is 2. The van der Waals surface area contributed by atoms with Crippen LogP contribution in [-0.4, -0.2) is 52.4 Å². The highest BCUT2D eigenvalue weighted by Crippen LogP contribution is 2.22. The highest BCUT2D eigenvalue weighted by Gasteiger charge is 2.21. The summed E-state index contributed by atoms with van der Waals surface area (Å²) in [4.78, 5) is 31.7. The van der Waals surface area contributed by atoms with E-state index in [1.165, 1.54) is 0 Å². The number of pyridine rings is 1. The minimum absolute atomic E-state index is 0.0359. The molecule has 1 saturated heterocycles.